The molecule has 2 fully saturated rings. The molecule has 2 aromatic rings. The number of aliphatic hydroxyl groups excluding tert-OH is 1. The summed E-state index contributed by atoms with van der Waals surface area (Å²) in [6.45, 7) is 4.28. The predicted octanol–water partition coefficient (Wildman–Crippen LogP) is 1.54. The quantitative estimate of drug-likeness (QED) is 0.494. The summed E-state index contributed by atoms with van der Waals surface area (Å²) in [6.07, 6.45) is 6.29. The molecule has 2 amide bonds. The van der Waals surface area contributed by atoms with Crippen LogP contribution < -0.4 is 15.5 Å². The van der Waals surface area contributed by atoms with Crippen LogP contribution in [-0.2, 0) is 10.3 Å². The average Bonchev–Trinajstić information content (AvgIpc) is 3.40. The minimum absolute atomic E-state index is 0.0589. The second-order valence-corrected chi connectivity index (χ2v) is 8.80. The van der Waals surface area contributed by atoms with Gasteiger partial charge in [0.1, 0.15) is 5.82 Å². The fourth-order valence-electron chi connectivity index (χ4n) is 4.04. The van der Waals surface area contributed by atoms with Crippen LogP contribution in [0.3, 0.4) is 0 Å². The van der Waals surface area contributed by atoms with Crippen molar-refractivity contribution in [3.63, 3.8) is 0 Å². The van der Waals surface area contributed by atoms with Crippen LogP contribution >= 0.6 is 0 Å². The van der Waals surface area contributed by atoms with Gasteiger partial charge in [0.05, 0.1) is 29.4 Å². The van der Waals surface area contributed by atoms with Crippen LogP contribution in [0, 0.1) is 11.3 Å². The molecule has 166 valence electrons. The van der Waals surface area contributed by atoms with Gasteiger partial charge < -0.3 is 20.8 Å². The first kappa shape index (κ1) is 21.0. The van der Waals surface area contributed by atoms with Gasteiger partial charge in [-0.2, -0.15) is 10.1 Å². The molecule has 3 heterocycles. The van der Waals surface area contributed by atoms with E-state index in [1.807, 2.05) is 13.8 Å². The Morgan fingerprint density at radius 3 is 2.84 bits per heavy atom. The first-order valence-electron chi connectivity index (χ1n) is 10.3. The van der Waals surface area contributed by atoms with Gasteiger partial charge >= 0.3 is 6.09 Å². The van der Waals surface area contributed by atoms with Gasteiger partial charge in [-0.25, -0.2) is 9.78 Å². The lowest BCUT2D eigenvalue weighted by atomic mass is 9.81. The van der Waals surface area contributed by atoms with E-state index in [1.54, 1.807) is 34.2 Å². The number of hydrogen-bond donors (Lipinski definition) is 4. The SMILES string of the molecule is CC(C)(CO)n1cc(Nc2nccc(N3CC[C@](CNC(=O)O)(C4CC4)C3=O)n2)cn1. The van der Waals surface area contributed by atoms with E-state index in [0.29, 0.717) is 30.4 Å². The molecule has 4 rings (SSSR count). The van der Waals surface area contributed by atoms with Crippen molar-refractivity contribution in [3.05, 3.63) is 24.7 Å². The number of aliphatic hydroxyl groups is 1. The van der Waals surface area contributed by atoms with Gasteiger partial charge in [0.2, 0.25) is 11.9 Å². The topological polar surface area (TPSA) is 146 Å². The Labute approximate surface area is 179 Å². The minimum atomic E-state index is -1.12. The molecule has 0 spiro atoms. The molecule has 11 nitrogen and oxygen atoms in total. The summed E-state index contributed by atoms with van der Waals surface area (Å²) in [4.78, 5) is 34.7. The third-order valence-electron chi connectivity index (χ3n) is 6.13. The Bertz CT molecular complexity index is 987. The fourth-order valence-corrected chi connectivity index (χ4v) is 4.04. The summed E-state index contributed by atoms with van der Waals surface area (Å²) in [7, 11) is 0. The molecule has 0 unspecified atom stereocenters. The summed E-state index contributed by atoms with van der Waals surface area (Å²) >= 11 is 0. The molecule has 0 bridgehead atoms. The van der Waals surface area contributed by atoms with E-state index in [4.69, 9.17) is 5.11 Å². The van der Waals surface area contributed by atoms with Gasteiger partial charge in [-0.1, -0.05) is 0 Å². The molecule has 0 radical (unpaired) electrons. The maximum absolute atomic E-state index is 13.3. The number of aromatic nitrogens is 4. The van der Waals surface area contributed by atoms with Gasteiger partial charge in [0.25, 0.3) is 0 Å². The lowest BCUT2D eigenvalue weighted by molar-refractivity contribution is -0.126. The molecule has 1 saturated heterocycles. The highest BCUT2D eigenvalue weighted by Gasteiger charge is 2.56. The summed E-state index contributed by atoms with van der Waals surface area (Å²) in [5, 5.41) is 28.3. The number of nitrogens with one attached hydrogen (secondary N) is 2. The molecular formula is C20H27N7O4. The maximum Gasteiger partial charge on any atom is 0.404 e. The third kappa shape index (κ3) is 4.05. The predicted molar refractivity (Wildman–Crippen MR) is 112 cm³/mol. The molecule has 1 aliphatic carbocycles. The van der Waals surface area contributed by atoms with Crippen LogP contribution in [0.5, 0.6) is 0 Å². The second-order valence-electron chi connectivity index (χ2n) is 8.80. The highest BCUT2D eigenvalue weighted by molar-refractivity contribution is 6.00. The largest absolute Gasteiger partial charge is 0.465 e. The normalized spacial score (nSPS) is 21.4. The molecule has 1 aliphatic heterocycles. The van der Waals surface area contributed by atoms with Gasteiger partial charge in [0.15, 0.2) is 0 Å². The minimum Gasteiger partial charge on any atom is -0.465 e. The Hall–Kier alpha value is -3.21. The van der Waals surface area contributed by atoms with E-state index >= 15 is 0 Å². The van der Waals surface area contributed by atoms with Gasteiger partial charge in [-0.15, -0.1) is 0 Å². The number of amides is 2. The van der Waals surface area contributed by atoms with E-state index < -0.39 is 17.0 Å². The summed E-state index contributed by atoms with van der Waals surface area (Å²) in [5.74, 6) is 0.908. The smallest absolute Gasteiger partial charge is 0.404 e. The summed E-state index contributed by atoms with van der Waals surface area (Å²) in [6, 6.07) is 1.68. The zero-order valence-corrected chi connectivity index (χ0v) is 17.6. The molecule has 31 heavy (non-hydrogen) atoms. The van der Waals surface area contributed by atoms with Crippen LogP contribution in [0.25, 0.3) is 0 Å². The van der Waals surface area contributed by atoms with Crippen LogP contribution in [0.15, 0.2) is 24.7 Å². The molecule has 1 atom stereocenters. The van der Waals surface area contributed by atoms with E-state index in [0.717, 1.165) is 12.8 Å². The number of hydrogen-bond acceptors (Lipinski definition) is 7. The first-order valence-corrected chi connectivity index (χ1v) is 10.3. The highest BCUT2D eigenvalue weighted by Crippen LogP contribution is 2.51. The van der Waals surface area contributed by atoms with E-state index in [-0.39, 0.29) is 25.0 Å². The lowest BCUT2D eigenvalue weighted by Crippen LogP contribution is -2.45. The Balaban J connectivity index is 1.51. The monoisotopic (exact) mass is 429 g/mol. The van der Waals surface area contributed by atoms with Crippen molar-refractivity contribution in [2.45, 2.75) is 38.6 Å². The van der Waals surface area contributed by atoms with Crippen molar-refractivity contribution in [1.29, 1.82) is 0 Å². The fraction of sp³-hybridized carbons (Fsp3) is 0.550. The van der Waals surface area contributed by atoms with Gasteiger partial charge in [-0.3, -0.25) is 14.4 Å². The van der Waals surface area contributed by atoms with Crippen LogP contribution in [0.2, 0.25) is 0 Å². The van der Waals surface area contributed by atoms with Crippen molar-refractivity contribution in [2.24, 2.45) is 11.3 Å². The van der Waals surface area contributed by atoms with Gasteiger partial charge in [0, 0.05) is 25.5 Å². The Kier molecular flexibility index (Phi) is 5.29. The van der Waals surface area contributed by atoms with Crippen LogP contribution in [0.4, 0.5) is 22.2 Å². The maximum atomic E-state index is 13.3. The zero-order valence-electron chi connectivity index (χ0n) is 17.6. The van der Waals surface area contributed by atoms with Gasteiger partial charge in [-0.05, 0) is 45.1 Å². The number of carboxylic acid groups (broad SMARTS) is 1. The average molecular weight is 429 g/mol. The van der Waals surface area contributed by atoms with Crippen molar-refractivity contribution < 1.29 is 19.8 Å². The zero-order chi connectivity index (χ0) is 22.2. The highest BCUT2D eigenvalue weighted by atomic mass is 16.4. The molecule has 2 aromatic heterocycles. The molecule has 1 saturated carbocycles. The van der Waals surface area contributed by atoms with Crippen molar-refractivity contribution in [3.8, 4) is 0 Å². The second kappa shape index (κ2) is 7.80. The number of carbonyl (C=O) groups is 2. The number of rotatable bonds is 8. The number of anilines is 3. The molecule has 11 heteroatoms. The summed E-state index contributed by atoms with van der Waals surface area (Å²) < 4.78 is 1.66. The standard InChI is InChI=1S/C20H27N7O4/c1-19(2,12-28)27-10-14(9-23-27)24-17-21-7-5-15(25-17)26-8-6-20(16(26)29,13-3-4-13)11-22-18(30)31/h5,7,9-10,13,22,28H,3-4,6,8,11-12H2,1-2H3,(H,30,31)(H,21,24,25)/t20-/m0/s1. The van der Waals surface area contributed by atoms with E-state index in [2.05, 4.69) is 25.7 Å². The first-order chi connectivity index (χ1) is 14.7. The van der Waals surface area contributed by atoms with Crippen molar-refractivity contribution >= 4 is 29.5 Å². The molecule has 4 N–H and O–H groups in total. The van der Waals surface area contributed by atoms with Crippen molar-refractivity contribution in [1.82, 2.24) is 25.1 Å². The number of nitrogens with zero attached hydrogens (tertiary/aromatic N) is 5. The molecule has 0 aromatic carbocycles. The molecule has 2 aliphatic rings. The lowest BCUT2D eigenvalue weighted by Gasteiger charge is -2.27. The van der Waals surface area contributed by atoms with Crippen LogP contribution in [-0.4, -0.2) is 61.7 Å². The van der Waals surface area contributed by atoms with Crippen molar-refractivity contribution in [2.75, 3.05) is 29.9 Å². The third-order valence-corrected chi connectivity index (χ3v) is 6.13. The Morgan fingerprint density at radius 1 is 1.39 bits per heavy atom. The van der Waals surface area contributed by atoms with E-state index in [9.17, 15) is 14.7 Å². The molecular weight excluding hydrogens is 402 g/mol. The van der Waals surface area contributed by atoms with E-state index in [1.165, 1.54) is 0 Å². The van der Waals surface area contributed by atoms with Crippen LogP contribution in [0.1, 0.15) is 33.1 Å². The summed E-state index contributed by atoms with van der Waals surface area (Å²) in [5.41, 5.74) is -0.585. The number of carbonyl (C=O) groups excluding carboxylic acids is 1. The Morgan fingerprint density at radius 2 is 2.16 bits per heavy atom.